The highest BCUT2D eigenvalue weighted by Crippen LogP contribution is 2.28. The molecule has 1 N–H and O–H groups in total. The van der Waals surface area contributed by atoms with Crippen LogP contribution in [0.5, 0.6) is 0 Å². The molecule has 0 amide bonds. The Hall–Kier alpha value is -2.62. The molecule has 118 valence electrons. The van der Waals surface area contributed by atoms with Gasteiger partial charge in [-0.05, 0) is 37.6 Å². The maximum absolute atomic E-state index is 4.67. The van der Waals surface area contributed by atoms with Crippen molar-refractivity contribution in [1.82, 2.24) is 9.97 Å². The van der Waals surface area contributed by atoms with Crippen molar-refractivity contribution < 1.29 is 0 Å². The normalized spacial score (nSPS) is 10.8. The third-order valence-electron chi connectivity index (χ3n) is 4.08. The first-order valence-electron chi connectivity index (χ1n) is 7.79. The number of hydrogen-bond donors (Lipinski definition) is 1. The lowest BCUT2D eigenvalue weighted by molar-refractivity contribution is 0.993. The van der Waals surface area contributed by atoms with Crippen LogP contribution in [0.25, 0.3) is 10.9 Å². The van der Waals surface area contributed by atoms with E-state index in [0.29, 0.717) is 6.54 Å². The molecule has 0 bridgehead atoms. The maximum atomic E-state index is 4.67. The molecule has 2 heterocycles. The minimum absolute atomic E-state index is 0.690. The van der Waals surface area contributed by atoms with Crippen molar-refractivity contribution in [2.45, 2.75) is 20.4 Å². The van der Waals surface area contributed by atoms with Crippen LogP contribution in [-0.4, -0.2) is 24.1 Å². The predicted octanol–water partition coefficient (Wildman–Crippen LogP) is 3.92. The van der Waals surface area contributed by atoms with Crippen LogP contribution in [0.1, 0.15) is 17.0 Å². The predicted molar refractivity (Wildman–Crippen MR) is 97.1 cm³/mol. The molecule has 0 aliphatic heterocycles. The van der Waals surface area contributed by atoms with Crippen LogP contribution in [0.4, 0.5) is 11.5 Å². The lowest BCUT2D eigenvalue weighted by atomic mass is 10.1. The summed E-state index contributed by atoms with van der Waals surface area (Å²) in [6.07, 6.45) is 0. The molecule has 0 fully saturated rings. The quantitative estimate of drug-likeness (QED) is 0.793. The van der Waals surface area contributed by atoms with Crippen LogP contribution in [0, 0.1) is 13.8 Å². The molecule has 0 aliphatic rings. The summed E-state index contributed by atoms with van der Waals surface area (Å²) in [5.74, 6) is 0.969. The van der Waals surface area contributed by atoms with Gasteiger partial charge in [0.15, 0.2) is 0 Å². The van der Waals surface area contributed by atoms with Gasteiger partial charge in [-0.25, -0.2) is 4.98 Å². The zero-order valence-electron chi connectivity index (χ0n) is 14.1. The summed E-state index contributed by atoms with van der Waals surface area (Å²) in [7, 11) is 4.01. The second-order valence-corrected chi connectivity index (χ2v) is 5.95. The zero-order valence-corrected chi connectivity index (χ0v) is 14.1. The van der Waals surface area contributed by atoms with Crippen molar-refractivity contribution in [3.8, 4) is 0 Å². The van der Waals surface area contributed by atoms with E-state index < -0.39 is 0 Å². The summed E-state index contributed by atoms with van der Waals surface area (Å²) in [6, 6.07) is 14.3. The second kappa shape index (κ2) is 6.24. The van der Waals surface area contributed by atoms with Gasteiger partial charge in [0, 0.05) is 30.9 Å². The van der Waals surface area contributed by atoms with E-state index in [1.807, 2.05) is 43.3 Å². The third kappa shape index (κ3) is 3.11. The first-order chi connectivity index (χ1) is 11.1. The third-order valence-corrected chi connectivity index (χ3v) is 4.08. The number of fused-ring (bicyclic) bond motifs is 1. The smallest absolute Gasteiger partial charge is 0.128 e. The summed E-state index contributed by atoms with van der Waals surface area (Å²) in [5, 5.41) is 4.71. The maximum Gasteiger partial charge on any atom is 0.128 e. The Morgan fingerprint density at radius 2 is 1.74 bits per heavy atom. The Bertz CT molecular complexity index is 840. The molecule has 0 aliphatic carbocycles. The lowest BCUT2D eigenvalue weighted by Gasteiger charge is -2.16. The van der Waals surface area contributed by atoms with Gasteiger partial charge in [0.2, 0.25) is 0 Å². The first kappa shape index (κ1) is 15.3. The molecule has 3 aromatic rings. The molecule has 0 unspecified atom stereocenters. The van der Waals surface area contributed by atoms with E-state index >= 15 is 0 Å². The van der Waals surface area contributed by atoms with E-state index in [-0.39, 0.29) is 0 Å². The Morgan fingerprint density at radius 3 is 2.52 bits per heavy atom. The molecule has 4 heteroatoms. The van der Waals surface area contributed by atoms with Gasteiger partial charge in [0.25, 0.3) is 0 Å². The van der Waals surface area contributed by atoms with Gasteiger partial charge in [0.05, 0.1) is 17.8 Å². The largest absolute Gasteiger partial charge is 0.379 e. The highest BCUT2D eigenvalue weighted by atomic mass is 15.1. The lowest BCUT2D eigenvalue weighted by Crippen LogP contribution is -2.12. The standard InChI is InChI=1S/C19H22N4/c1-13-14(2)21-17-10-6-5-9-16(17)19(13)20-12-15-8-7-11-18(22-15)23(3)4/h5-11H,12H2,1-4H3,(H,20,21). The molecule has 1 aromatic carbocycles. The van der Waals surface area contributed by atoms with E-state index in [1.165, 1.54) is 5.56 Å². The van der Waals surface area contributed by atoms with Crippen LogP contribution >= 0.6 is 0 Å². The van der Waals surface area contributed by atoms with Crippen LogP contribution < -0.4 is 10.2 Å². The van der Waals surface area contributed by atoms with E-state index in [4.69, 9.17) is 0 Å². The molecule has 0 saturated heterocycles. The monoisotopic (exact) mass is 306 g/mol. The Balaban J connectivity index is 1.93. The van der Waals surface area contributed by atoms with Gasteiger partial charge in [-0.2, -0.15) is 0 Å². The van der Waals surface area contributed by atoms with Crippen LogP contribution in [0.2, 0.25) is 0 Å². The fourth-order valence-electron chi connectivity index (χ4n) is 2.65. The van der Waals surface area contributed by atoms with Gasteiger partial charge >= 0.3 is 0 Å². The second-order valence-electron chi connectivity index (χ2n) is 5.95. The highest BCUT2D eigenvalue weighted by Gasteiger charge is 2.09. The number of rotatable bonds is 4. The van der Waals surface area contributed by atoms with Gasteiger partial charge < -0.3 is 10.2 Å². The molecule has 23 heavy (non-hydrogen) atoms. The number of nitrogens with zero attached hydrogens (tertiary/aromatic N) is 3. The summed E-state index contributed by atoms with van der Waals surface area (Å²) in [5.41, 5.74) is 5.43. The average molecular weight is 306 g/mol. The van der Waals surface area contributed by atoms with E-state index in [0.717, 1.165) is 33.8 Å². The van der Waals surface area contributed by atoms with Gasteiger partial charge in [-0.1, -0.05) is 24.3 Å². The molecule has 2 aromatic heterocycles. The zero-order chi connectivity index (χ0) is 16.4. The fraction of sp³-hybridized carbons (Fsp3) is 0.263. The number of aryl methyl sites for hydroxylation is 1. The number of para-hydroxylation sites is 1. The SMILES string of the molecule is Cc1nc2ccccc2c(NCc2cccc(N(C)C)n2)c1C. The molecule has 0 atom stereocenters. The summed E-state index contributed by atoms with van der Waals surface area (Å²) in [4.78, 5) is 11.3. The van der Waals surface area contributed by atoms with Crippen molar-refractivity contribution >= 4 is 22.4 Å². The van der Waals surface area contributed by atoms with Gasteiger partial charge in [0.1, 0.15) is 5.82 Å². The summed E-state index contributed by atoms with van der Waals surface area (Å²) < 4.78 is 0. The number of nitrogens with one attached hydrogen (secondary N) is 1. The van der Waals surface area contributed by atoms with Gasteiger partial charge in [-0.15, -0.1) is 0 Å². The number of aromatic nitrogens is 2. The first-order valence-corrected chi connectivity index (χ1v) is 7.79. The Morgan fingerprint density at radius 1 is 0.957 bits per heavy atom. The number of benzene rings is 1. The fourth-order valence-corrected chi connectivity index (χ4v) is 2.65. The van der Waals surface area contributed by atoms with E-state index in [2.05, 4.69) is 47.3 Å². The minimum atomic E-state index is 0.690. The van der Waals surface area contributed by atoms with Crippen LogP contribution in [-0.2, 0) is 6.54 Å². The van der Waals surface area contributed by atoms with Crippen molar-refractivity contribution in [2.75, 3.05) is 24.3 Å². The number of anilines is 2. The number of hydrogen-bond acceptors (Lipinski definition) is 4. The highest BCUT2D eigenvalue weighted by molar-refractivity contribution is 5.93. The molecule has 0 spiro atoms. The molecular weight excluding hydrogens is 284 g/mol. The van der Waals surface area contributed by atoms with Gasteiger partial charge in [-0.3, -0.25) is 4.98 Å². The van der Waals surface area contributed by atoms with Crippen LogP contribution in [0.15, 0.2) is 42.5 Å². The molecule has 3 rings (SSSR count). The Labute approximate surface area is 137 Å². The summed E-state index contributed by atoms with van der Waals surface area (Å²) >= 11 is 0. The van der Waals surface area contributed by atoms with Crippen LogP contribution in [0.3, 0.4) is 0 Å². The molecule has 4 nitrogen and oxygen atoms in total. The molecular formula is C19H22N4. The van der Waals surface area contributed by atoms with Crippen molar-refractivity contribution in [3.63, 3.8) is 0 Å². The number of pyridine rings is 2. The van der Waals surface area contributed by atoms with E-state index in [9.17, 15) is 0 Å². The summed E-state index contributed by atoms with van der Waals surface area (Å²) in [6.45, 7) is 4.86. The molecule has 0 saturated carbocycles. The average Bonchev–Trinajstić information content (AvgIpc) is 2.55. The van der Waals surface area contributed by atoms with E-state index in [1.54, 1.807) is 0 Å². The van der Waals surface area contributed by atoms with Crippen molar-refractivity contribution in [3.05, 3.63) is 59.4 Å². The van der Waals surface area contributed by atoms with Crippen molar-refractivity contribution in [2.24, 2.45) is 0 Å². The topological polar surface area (TPSA) is 41.1 Å². The molecule has 0 radical (unpaired) electrons. The van der Waals surface area contributed by atoms with Crippen molar-refractivity contribution in [1.29, 1.82) is 0 Å². The minimum Gasteiger partial charge on any atom is -0.379 e. The Kier molecular flexibility index (Phi) is 4.15.